The molecule has 0 radical (unpaired) electrons. The quantitative estimate of drug-likeness (QED) is 0.674. The van der Waals surface area contributed by atoms with Crippen LogP contribution in [-0.4, -0.2) is 20.4 Å². The standard InChI is InChI=1S/C12H10Cl2N4O3/c13-8-1-2-9(14)10(5-8)16-12(19)3-4-17-6-11(15-7-17)18(20)21/h1-2,5-7H,3-4H2,(H,16,19). The van der Waals surface area contributed by atoms with E-state index in [1.54, 1.807) is 18.2 Å². The van der Waals surface area contributed by atoms with Crippen LogP contribution in [0.1, 0.15) is 6.42 Å². The van der Waals surface area contributed by atoms with Gasteiger partial charge in [0, 0.05) is 18.0 Å². The maximum Gasteiger partial charge on any atom is 0.381 e. The number of hydrogen-bond donors (Lipinski definition) is 1. The van der Waals surface area contributed by atoms with E-state index in [4.69, 9.17) is 23.2 Å². The second-order valence-electron chi connectivity index (χ2n) is 4.15. The monoisotopic (exact) mass is 328 g/mol. The maximum atomic E-state index is 11.8. The van der Waals surface area contributed by atoms with Gasteiger partial charge >= 0.3 is 5.82 Å². The lowest BCUT2D eigenvalue weighted by Gasteiger charge is -2.07. The third-order valence-electron chi connectivity index (χ3n) is 2.61. The zero-order valence-corrected chi connectivity index (χ0v) is 12.1. The normalized spacial score (nSPS) is 10.4. The van der Waals surface area contributed by atoms with Gasteiger partial charge in [0.2, 0.25) is 12.2 Å². The zero-order valence-electron chi connectivity index (χ0n) is 10.6. The molecule has 21 heavy (non-hydrogen) atoms. The van der Waals surface area contributed by atoms with Gasteiger partial charge in [-0.2, -0.15) is 0 Å². The molecule has 110 valence electrons. The summed E-state index contributed by atoms with van der Waals surface area (Å²) in [4.78, 5) is 25.3. The number of hydrogen-bond acceptors (Lipinski definition) is 4. The first kappa shape index (κ1) is 15.3. The molecule has 9 heteroatoms. The van der Waals surface area contributed by atoms with Crippen molar-refractivity contribution in [1.29, 1.82) is 0 Å². The molecule has 0 unspecified atom stereocenters. The van der Waals surface area contributed by atoms with E-state index in [0.29, 0.717) is 15.7 Å². The minimum absolute atomic E-state index is 0.121. The Bertz CT molecular complexity index is 687. The van der Waals surface area contributed by atoms with Gasteiger partial charge in [-0.1, -0.05) is 23.2 Å². The Morgan fingerprint density at radius 2 is 2.19 bits per heavy atom. The van der Waals surface area contributed by atoms with Crippen LogP contribution in [0.2, 0.25) is 10.0 Å². The van der Waals surface area contributed by atoms with Crippen LogP contribution in [-0.2, 0) is 11.3 Å². The molecule has 0 saturated heterocycles. The third-order valence-corrected chi connectivity index (χ3v) is 3.17. The molecule has 7 nitrogen and oxygen atoms in total. The number of anilines is 1. The molecule has 2 rings (SSSR count). The largest absolute Gasteiger partial charge is 0.381 e. The maximum absolute atomic E-state index is 11.8. The summed E-state index contributed by atoms with van der Waals surface area (Å²) < 4.78 is 1.47. The number of nitrogens with zero attached hydrogens (tertiary/aromatic N) is 3. The van der Waals surface area contributed by atoms with E-state index in [1.165, 1.54) is 17.1 Å². The molecule has 0 atom stereocenters. The number of amides is 1. The molecule has 0 fully saturated rings. The number of nitro groups is 1. The molecule has 1 heterocycles. The van der Waals surface area contributed by atoms with Gasteiger partial charge in [0.1, 0.15) is 6.20 Å². The number of carbonyl (C=O) groups is 1. The van der Waals surface area contributed by atoms with E-state index in [2.05, 4.69) is 10.3 Å². The summed E-state index contributed by atoms with van der Waals surface area (Å²) >= 11 is 11.8. The fourth-order valence-corrected chi connectivity index (χ4v) is 1.94. The molecular formula is C12H10Cl2N4O3. The van der Waals surface area contributed by atoms with E-state index in [-0.39, 0.29) is 24.7 Å². The summed E-state index contributed by atoms with van der Waals surface area (Å²) in [6.07, 6.45) is 2.69. The molecule has 1 amide bonds. The lowest BCUT2D eigenvalue weighted by molar-refractivity contribution is -0.389. The minimum Gasteiger partial charge on any atom is -0.358 e. The number of halogens is 2. The molecular weight excluding hydrogens is 319 g/mol. The Balaban J connectivity index is 1.92. The molecule has 0 aliphatic carbocycles. The molecule has 1 aromatic carbocycles. The van der Waals surface area contributed by atoms with Crippen molar-refractivity contribution in [2.45, 2.75) is 13.0 Å². The van der Waals surface area contributed by atoms with Crippen LogP contribution in [0, 0.1) is 10.1 Å². The molecule has 2 aromatic rings. The Morgan fingerprint density at radius 3 is 2.86 bits per heavy atom. The second-order valence-corrected chi connectivity index (χ2v) is 4.99. The smallest absolute Gasteiger partial charge is 0.358 e. The predicted molar refractivity (Wildman–Crippen MR) is 78.6 cm³/mol. The van der Waals surface area contributed by atoms with Crippen LogP contribution < -0.4 is 5.32 Å². The predicted octanol–water partition coefficient (Wildman–Crippen LogP) is 3.13. The number of carbonyl (C=O) groups excluding carboxylic acids is 1. The van der Waals surface area contributed by atoms with Crippen molar-refractivity contribution in [2.75, 3.05) is 5.32 Å². The van der Waals surface area contributed by atoms with Crippen LogP contribution in [0.3, 0.4) is 0 Å². The van der Waals surface area contributed by atoms with Gasteiger partial charge in [0.15, 0.2) is 0 Å². The first-order valence-electron chi connectivity index (χ1n) is 5.87. The highest BCUT2D eigenvalue weighted by molar-refractivity contribution is 6.35. The number of aryl methyl sites for hydroxylation is 1. The third kappa shape index (κ3) is 4.17. The lowest BCUT2D eigenvalue weighted by Crippen LogP contribution is -2.14. The summed E-state index contributed by atoms with van der Waals surface area (Å²) in [5.74, 6) is -0.538. The molecule has 0 saturated carbocycles. The average Bonchev–Trinajstić information content (AvgIpc) is 2.90. The van der Waals surface area contributed by atoms with Crippen molar-refractivity contribution >= 4 is 40.6 Å². The van der Waals surface area contributed by atoms with E-state index in [0.717, 1.165) is 0 Å². The summed E-state index contributed by atoms with van der Waals surface area (Å²) in [6.45, 7) is 0.269. The number of imidazole rings is 1. The average molecular weight is 329 g/mol. The number of benzene rings is 1. The lowest BCUT2D eigenvalue weighted by atomic mass is 10.3. The van der Waals surface area contributed by atoms with Crippen molar-refractivity contribution in [3.8, 4) is 0 Å². The van der Waals surface area contributed by atoms with Crippen LogP contribution in [0.4, 0.5) is 11.5 Å². The highest BCUT2D eigenvalue weighted by Gasteiger charge is 2.11. The van der Waals surface area contributed by atoms with Crippen LogP contribution in [0.25, 0.3) is 0 Å². The Morgan fingerprint density at radius 1 is 1.43 bits per heavy atom. The van der Waals surface area contributed by atoms with Crippen LogP contribution in [0.5, 0.6) is 0 Å². The van der Waals surface area contributed by atoms with Gasteiger partial charge in [-0.05, 0) is 28.1 Å². The summed E-state index contributed by atoms with van der Waals surface area (Å²) in [5, 5.41) is 14.0. The molecule has 1 N–H and O–H groups in total. The fourth-order valence-electron chi connectivity index (χ4n) is 1.60. The van der Waals surface area contributed by atoms with Gasteiger partial charge in [0.25, 0.3) is 0 Å². The zero-order chi connectivity index (χ0) is 15.4. The summed E-state index contributed by atoms with van der Waals surface area (Å²) in [5.41, 5.74) is 0.422. The number of rotatable bonds is 5. The van der Waals surface area contributed by atoms with Crippen molar-refractivity contribution in [3.05, 3.63) is 50.9 Å². The van der Waals surface area contributed by atoms with E-state index in [9.17, 15) is 14.9 Å². The van der Waals surface area contributed by atoms with E-state index in [1.807, 2.05) is 0 Å². The molecule has 1 aromatic heterocycles. The Kier molecular flexibility index (Phi) is 4.77. The van der Waals surface area contributed by atoms with Gasteiger partial charge in [-0.3, -0.25) is 4.79 Å². The number of aromatic nitrogens is 2. The van der Waals surface area contributed by atoms with Gasteiger partial charge in [-0.15, -0.1) is 0 Å². The first-order chi connectivity index (χ1) is 9.95. The summed E-state index contributed by atoms with van der Waals surface area (Å²) in [6, 6.07) is 4.74. The van der Waals surface area contributed by atoms with Crippen molar-refractivity contribution < 1.29 is 9.72 Å². The van der Waals surface area contributed by atoms with E-state index >= 15 is 0 Å². The molecule has 0 aliphatic heterocycles. The van der Waals surface area contributed by atoms with Crippen molar-refractivity contribution in [2.24, 2.45) is 0 Å². The Hall–Kier alpha value is -2.12. The number of nitrogens with one attached hydrogen (secondary N) is 1. The topological polar surface area (TPSA) is 90.1 Å². The van der Waals surface area contributed by atoms with Gasteiger partial charge in [0.05, 0.1) is 10.7 Å². The van der Waals surface area contributed by atoms with E-state index < -0.39 is 4.92 Å². The Labute approximate surface area is 129 Å². The molecule has 0 spiro atoms. The van der Waals surface area contributed by atoms with Crippen LogP contribution >= 0.6 is 23.2 Å². The highest BCUT2D eigenvalue weighted by atomic mass is 35.5. The van der Waals surface area contributed by atoms with Crippen molar-refractivity contribution in [3.63, 3.8) is 0 Å². The SMILES string of the molecule is O=C(CCn1cnc([N+](=O)[O-])c1)Nc1cc(Cl)ccc1Cl. The highest BCUT2D eigenvalue weighted by Crippen LogP contribution is 2.25. The minimum atomic E-state index is -0.595. The van der Waals surface area contributed by atoms with Gasteiger partial charge < -0.3 is 20.0 Å². The first-order valence-corrected chi connectivity index (χ1v) is 6.62. The molecule has 0 bridgehead atoms. The fraction of sp³-hybridized carbons (Fsp3) is 0.167. The van der Waals surface area contributed by atoms with Gasteiger partial charge in [-0.25, -0.2) is 0 Å². The molecule has 0 aliphatic rings. The van der Waals surface area contributed by atoms with Crippen molar-refractivity contribution in [1.82, 2.24) is 9.55 Å². The second kappa shape index (κ2) is 6.55. The summed E-state index contributed by atoms with van der Waals surface area (Å²) in [7, 11) is 0. The van der Waals surface area contributed by atoms with Crippen LogP contribution in [0.15, 0.2) is 30.7 Å².